The zero-order valence-electron chi connectivity index (χ0n) is 18.9. The minimum absolute atomic E-state index is 1.07. The van der Waals surface area contributed by atoms with Gasteiger partial charge in [-0.25, -0.2) is 0 Å². The van der Waals surface area contributed by atoms with Gasteiger partial charge in [0.2, 0.25) is 0 Å². The van der Waals surface area contributed by atoms with Crippen molar-refractivity contribution in [3.63, 3.8) is 0 Å². The van der Waals surface area contributed by atoms with Crippen LogP contribution in [0.2, 0.25) is 24.2 Å². The molecular formula is C22H48S4Si. The van der Waals surface area contributed by atoms with E-state index in [-0.39, 0.29) is 0 Å². The van der Waals surface area contributed by atoms with E-state index < -0.39 is 8.07 Å². The minimum atomic E-state index is -1.07. The molecule has 0 aromatic rings. The summed E-state index contributed by atoms with van der Waals surface area (Å²) in [4.78, 5) is 0. The molecule has 0 atom stereocenters. The third-order valence-electron chi connectivity index (χ3n) is 5.51. The molecule has 0 aliphatic rings. The summed E-state index contributed by atoms with van der Waals surface area (Å²) in [6, 6.07) is 6.31. The summed E-state index contributed by atoms with van der Waals surface area (Å²) in [5.41, 5.74) is 0. The average molecular weight is 469 g/mol. The first-order valence-corrected chi connectivity index (χ1v) is 19.3. The summed E-state index contributed by atoms with van der Waals surface area (Å²) in [6.07, 6.45) is 16.0. The van der Waals surface area contributed by atoms with Gasteiger partial charge in [0.05, 0.1) is 8.07 Å². The second-order valence-corrected chi connectivity index (χ2v) is 17.3. The normalized spacial score (nSPS) is 12.0. The van der Waals surface area contributed by atoms with Crippen LogP contribution in [0.25, 0.3) is 0 Å². The van der Waals surface area contributed by atoms with E-state index in [0.29, 0.717) is 0 Å². The first-order chi connectivity index (χ1) is 13.2. The Morgan fingerprint density at radius 1 is 0.481 bits per heavy atom. The Balaban J connectivity index is 4.30. The van der Waals surface area contributed by atoms with Crippen LogP contribution in [0.5, 0.6) is 0 Å². The van der Waals surface area contributed by atoms with E-state index in [1.807, 2.05) is 0 Å². The molecule has 0 spiro atoms. The molecular weight excluding hydrogens is 421 g/mol. The van der Waals surface area contributed by atoms with Gasteiger partial charge in [0.1, 0.15) is 0 Å². The zero-order chi connectivity index (χ0) is 20.1. The van der Waals surface area contributed by atoms with Crippen LogP contribution >= 0.6 is 47.0 Å². The van der Waals surface area contributed by atoms with E-state index in [0.717, 1.165) is 0 Å². The maximum atomic E-state index is 2.31. The van der Waals surface area contributed by atoms with Crippen molar-refractivity contribution in [1.29, 1.82) is 0 Å². The van der Waals surface area contributed by atoms with Crippen molar-refractivity contribution in [3.05, 3.63) is 0 Å². The molecule has 0 bridgehead atoms. The van der Waals surface area contributed by atoms with E-state index in [1.165, 1.54) is 85.9 Å². The first-order valence-electron chi connectivity index (χ1n) is 11.4. The highest BCUT2D eigenvalue weighted by atomic mass is 32.2. The van der Waals surface area contributed by atoms with Gasteiger partial charge in [-0.05, 0) is 84.0 Å². The number of rotatable bonds is 22. The standard InChI is InChI=1S/C22H48S4Si/c1-5-7-9-11-13-25-17-21-27(19-15-23-3,20-16-24-4)22-18-26-14-12-10-8-6-2/h5-22H2,1-4H3. The van der Waals surface area contributed by atoms with Gasteiger partial charge in [-0.2, -0.15) is 47.0 Å². The summed E-state index contributed by atoms with van der Waals surface area (Å²) in [5, 5.41) is 0. The SMILES string of the molecule is CCCCCCSCC[Si](CCSC)(CCSC)CCSCCCCCC. The van der Waals surface area contributed by atoms with Crippen molar-refractivity contribution in [2.45, 2.75) is 89.4 Å². The van der Waals surface area contributed by atoms with Gasteiger partial charge in [-0.1, -0.05) is 52.4 Å². The monoisotopic (exact) mass is 468 g/mol. The van der Waals surface area contributed by atoms with Gasteiger partial charge in [-0.3, -0.25) is 0 Å². The zero-order valence-corrected chi connectivity index (χ0v) is 23.1. The average Bonchev–Trinajstić information content (AvgIpc) is 2.69. The molecule has 0 saturated heterocycles. The molecule has 0 fully saturated rings. The Labute approximate surface area is 190 Å². The molecule has 0 rings (SSSR count). The molecule has 0 amide bonds. The summed E-state index contributed by atoms with van der Waals surface area (Å²) < 4.78 is 0. The largest absolute Gasteiger partial charge is 0.166 e. The van der Waals surface area contributed by atoms with E-state index in [2.05, 4.69) is 73.4 Å². The molecule has 0 aliphatic carbocycles. The molecule has 0 aliphatic heterocycles. The smallest absolute Gasteiger partial charge is 0.0568 e. The minimum Gasteiger partial charge on any atom is -0.166 e. The first kappa shape index (κ1) is 28.6. The van der Waals surface area contributed by atoms with Crippen LogP contribution < -0.4 is 0 Å². The molecule has 5 heteroatoms. The van der Waals surface area contributed by atoms with Gasteiger partial charge >= 0.3 is 0 Å². The van der Waals surface area contributed by atoms with Crippen LogP contribution in [-0.4, -0.2) is 55.1 Å². The van der Waals surface area contributed by atoms with Crippen LogP contribution in [0, 0.1) is 0 Å². The summed E-state index contributed by atoms with van der Waals surface area (Å²) in [5.74, 6) is 8.51. The summed E-state index contributed by atoms with van der Waals surface area (Å²) in [6.45, 7) is 4.62. The lowest BCUT2D eigenvalue weighted by molar-refractivity contribution is 0.706. The van der Waals surface area contributed by atoms with Crippen LogP contribution in [0.4, 0.5) is 0 Å². The Hall–Kier alpha value is 1.62. The topological polar surface area (TPSA) is 0 Å². The van der Waals surface area contributed by atoms with Gasteiger partial charge in [0, 0.05) is 0 Å². The highest BCUT2D eigenvalue weighted by Crippen LogP contribution is 2.32. The van der Waals surface area contributed by atoms with E-state index in [9.17, 15) is 0 Å². The van der Waals surface area contributed by atoms with E-state index >= 15 is 0 Å². The second kappa shape index (κ2) is 22.3. The number of hydrogen-bond donors (Lipinski definition) is 0. The van der Waals surface area contributed by atoms with Gasteiger partial charge < -0.3 is 0 Å². The van der Waals surface area contributed by atoms with Gasteiger partial charge in [0.15, 0.2) is 0 Å². The maximum Gasteiger partial charge on any atom is 0.0568 e. The highest BCUT2D eigenvalue weighted by Gasteiger charge is 2.30. The lowest BCUT2D eigenvalue weighted by Crippen LogP contribution is -2.37. The molecule has 0 radical (unpaired) electrons. The fourth-order valence-electron chi connectivity index (χ4n) is 3.43. The van der Waals surface area contributed by atoms with Crippen LogP contribution in [0.3, 0.4) is 0 Å². The summed E-state index contributed by atoms with van der Waals surface area (Å²) >= 11 is 8.69. The van der Waals surface area contributed by atoms with Crippen molar-refractivity contribution >= 4 is 55.1 Å². The Bertz CT molecular complexity index is 261. The molecule has 0 saturated carbocycles. The lowest BCUT2D eigenvalue weighted by atomic mass is 10.2. The third-order valence-corrected chi connectivity index (χ3v) is 15.6. The quantitative estimate of drug-likeness (QED) is 0.115. The van der Waals surface area contributed by atoms with E-state index in [1.54, 1.807) is 24.2 Å². The molecule has 0 nitrogen and oxygen atoms in total. The third kappa shape index (κ3) is 18.1. The molecule has 0 unspecified atom stereocenters. The van der Waals surface area contributed by atoms with Crippen molar-refractivity contribution in [2.24, 2.45) is 0 Å². The van der Waals surface area contributed by atoms with Crippen LogP contribution in [-0.2, 0) is 0 Å². The molecule has 0 aromatic carbocycles. The molecule has 0 heterocycles. The second-order valence-electron chi connectivity index (χ2n) is 7.83. The van der Waals surface area contributed by atoms with Gasteiger partial charge in [-0.15, -0.1) is 0 Å². The fraction of sp³-hybridized carbons (Fsp3) is 1.00. The molecule has 0 N–H and O–H groups in total. The molecule has 0 aromatic heterocycles. The molecule has 164 valence electrons. The van der Waals surface area contributed by atoms with Crippen molar-refractivity contribution in [2.75, 3.05) is 47.0 Å². The maximum absolute atomic E-state index is 2.31. The predicted octanol–water partition coefficient (Wildman–Crippen LogP) is 8.79. The summed E-state index contributed by atoms with van der Waals surface area (Å²) in [7, 11) is -1.07. The fourth-order valence-corrected chi connectivity index (χ4v) is 15.9. The van der Waals surface area contributed by atoms with Crippen LogP contribution in [0.1, 0.15) is 65.2 Å². The number of hydrogen-bond acceptors (Lipinski definition) is 4. The number of thioether (sulfide) groups is 4. The Morgan fingerprint density at radius 3 is 1.26 bits per heavy atom. The predicted molar refractivity (Wildman–Crippen MR) is 145 cm³/mol. The highest BCUT2D eigenvalue weighted by molar-refractivity contribution is 8.00. The van der Waals surface area contributed by atoms with Crippen LogP contribution in [0.15, 0.2) is 0 Å². The van der Waals surface area contributed by atoms with Gasteiger partial charge in [0.25, 0.3) is 0 Å². The molecule has 27 heavy (non-hydrogen) atoms. The van der Waals surface area contributed by atoms with E-state index in [4.69, 9.17) is 0 Å². The Morgan fingerprint density at radius 2 is 0.889 bits per heavy atom. The van der Waals surface area contributed by atoms with Crippen molar-refractivity contribution in [1.82, 2.24) is 0 Å². The lowest BCUT2D eigenvalue weighted by Gasteiger charge is -2.32. The number of unbranched alkanes of at least 4 members (excludes halogenated alkanes) is 6. The van der Waals surface area contributed by atoms with Crippen molar-refractivity contribution < 1.29 is 0 Å². The Kier molecular flexibility index (Phi) is 23.6. The van der Waals surface area contributed by atoms with Crippen molar-refractivity contribution in [3.8, 4) is 0 Å².